The smallest absolute Gasteiger partial charge is 0.433 e. The molecule has 186 valence electrons. The molecule has 2 N–H and O–H groups in total. The molecule has 0 radical (unpaired) electrons. The van der Waals surface area contributed by atoms with Crippen molar-refractivity contribution in [2.24, 2.45) is 0 Å². The maximum Gasteiger partial charge on any atom is 0.433 e. The summed E-state index contributed by atoms with van der Waals surface area (Å²) in [6.45, 7) is -2.73. The highest BCUT2D eigenvalue weighted by molar-refractivity contribution is 5.82. The summed E-state index contributed by atoms with van der Waals surface area (Å²) in [5.41, 5.74) is 0.733. The zero-order valence-electron chi connectivity index (χ0n) is 18.7. The van der Waals surface area contributed by atoms with Crippen molar-refractivity contribution in [1.29, 1.82) is 0 Å². The van der Waals surface area contributed by atoms with Crippen LogP contribution in [0.3, 0.4) is 0 Å². The normalized spacial score (nSPS) is 13.3. The van der Waals surface area contributed by atoms with Crippen molar-refractivity contribution in [3.8, 4) is 5.75 Å². The molecule has 0 aliphatic heterocycles. The van der Waals surface area contributed by atoms with Crippen molar-refractivity contribution >= 4 is 5.91 Å². The van der Waals surface area contributed by atoms with E-state index in [9.17, 15) is 26.7 Å². The van der Waals surface area contributed by atoms with Crippen molar-refractivity contribution in [1.82, 2.24) is 15.6 Å². The molecular formula is C25H24F5N3O2. The average molecular weight is 493 g/mol. The number of hydrogen-bond acceptors (Lipinski definition) is 4. The van der Waals surface area contributed by atoms with Crippen LogP contribution in [0.2, 0.25) is 0 Å². The molecular weight excluding hydrogens is 469 g/mol. The highest BCUT2D eigenvalue weighted by atomic mass is 19.4. The third kappa shape index (κ3) is 7.22. The number of halogens is 5. The molecule has 0 unspecified atom stereocenters. The van der Waals surface area contributed by atoms with Crippen molar-refractivity contribution in [3.05, 3.63) is 95.3 Å². The lowest BCUT2D eigenvalue weighted by Crippen LogP contribution is -2.36. The van der Waals surface area contributed by atoms with Crippen LogP contribution in [0.25, 0.3) is 0 Å². The minimum atomic E-state index is -4.59. The molecule has 1 aromatic heterocycles. The Kier molecular flexibility index (Phi) is 8.75. The second-order valence-electron chi connectivity index (χ2n) is 7.68. The summed E-state index contributed by atoms with van der Waals surface area (Å²) in [7, 11) is 1.52. The number of likely N-dealkylation sites (N-methyl/N-ethyl adjacent to an activating group) is 1. The van der Waals surface area contributed by atoms with Gasteiger partial charge < -0.3 is 15.4 Å². The SMILES string of the molecule is CNC(=O)[C@H](NCC[C@H](c1ccc(C(F)(F)F)nc1)c1cccc(OC(F)F)c1)c1ccccc1. The molecule has 5 nitrogen and oxygen atoms in total. The number of nitrogens with zero attached hydrogens (tertiary/aromatic N) is 1. The van der Waals surface area contributed by atoms with Gasteiger partial charge in [-0.25, -0.2) is 0 Å². The molecule has 2 aromatic carbocycles. The number of hydrogen-bond donors (Lipinski definition) is 2. The molecule has 1 amide bonds. The number of rotatable bonds is 10. The first-order chi connectivity index (χ1) is 16.7. The molecule has 1 heterocycles. The number of pyridine rings is 1. The van der Waals surface area contributed by atoms with Gasteiger partial charge in [0.1, 0.15) is 17.5 Å². The van der Waals surface area contributed by atoms with Crippen molar-refractivity contribution < 1.29 is 31.5 Å². The van der Waals surface area contributed by atoms with E-state index in [4.69, 9.17) is 0 Å². The summed E-state index contributed by atoms with van der Waals surface area (Å²) in [6.07, 6.45) is -3.12. The lowest BCUT2D eigenvalue weighted by molar-refractivity contribution is -0.141. The molecule has 3 rings (SSSR count). The van der Waals surface area contributed by atoms with Crippen LogP contribution in [0.1, 0.15) is 40.8 Å². The first-order valence-corrected chi connectivity index (χ1v) is 10.8. The van der Waals surface area contributed by atoms with E-state index < -0.39 is 30.4 Å². The van der Waals surface area contributed by atoms with Crippen molar-refractivity contribution in [2.45, 2.75) is 31.2 Å². The van der Waals surface area contributed by atoms with E-state index in [0.29, 0.717) is 24.1 Å². The van der Waals surface area contributed by atoms with Crippen LogP contribution in [-0.2, 0) is 11.0 Å². The van der Waals surface area contributed by atoms with E-state index in [1.807, 2.05) is 6.07 Å². The number of carbonyl (C=O) groups is 1. The fourth-order valence-electron chi connectivity index (χ4n) is 3.74. The number of benzene rings is 2. The Morgan fingerprint density at radius 1 is 0.971 bits per heavy atom. The molecule has 0 saturated carbocycles. The number of nitrogens with one attached hydrogen (secondary N) is 2. The predicted molar refractivity (Wildman–Crippen MR) is 120 cm³/mol. The topological polar surface area (TPSA) is 63.2 Å². The van der Waals surface area contributed by atoms with E-state index >= 15 is 0 Å². The fourth-order valence-corrected chi connectivity index (χ4v) is 3.74. The van der Waals surface area contributed by atoms with Crippen molar-refractivity contribution in [2.75, 3.05) is 13.6 Å². The van der Waals surface area contributed by atoms with Gasteiger partial charge in [0.25, 0.3) is 0 Å². The third-order valence-corrected chi connectivity index (χ3v) is 5.39. The van der Waals surface area contributed by atoms with Crippen LogP contribution in [-0.4, -0.2) is 31.1 Å². The number of ether oxygens (including phenoxy) is 1. The van der Waals surface area contributed by atoms with Gasteiger partial charge in [0.15, 0.2) is 0 Å². The largest absolute Gasteiger partial charge is 0.435 e. The molecule has 0 aliphatic carbocycles. The van der Waals surface area contributed by atoms with Crippen LogP contribution in [0.4, 0.5) is 22.0 Å². The zero-order chi connectivity index (χ0) is 25.4. The minimum Gasteiger partial charge on any atom is -0.435 e. The van der Waals surface area contributed by atoms with Gasteiger partial charge in [0.05, 0.1) is 0 Å². The molecule has 2 atom stereocenters. The summed E-state index contributed by atoms with van der Waals surface area (Å²) in [5.74, 6) is -0.821. The second kappa shape index (κ2) is 11.7. The number of carbonyl (C=O) groups excluding carboxylic acids is 1. The van der Waals surface area contributed by atoms with Gasteiger partial charge >= 0.3 is 12.8 Å². The maximum atomic E-state index is 13.0. The fraction of sp³-hybridized carbons (Fsp3) is 0.280. The zero-order valence-corrected chi connectivity index (χ0v) is 18.7. The van der Waals surface area contributed by atoms with Crippen LogP contribution >= 0.6 is 0 Å². The highest BCUT2D eigenvalue weighted by Crippen LogP contribution is 2.33. The standard InChI is InChI=1S/C25H24F5N3O2/c1-31-23(34)22(16-6-3-2-4-7-16)32-13-12-20(17-8-5-9-19(14-17)35-24(26)27)18-10-11-21(33-15-18)25(28,29)30/h2-11,14-15,20,22,24,32H,12-13H2,1H3,(H,31,34)/t20-,22+/m0/s1. The molecule has 0 bridgehead atoms. The Morgan fingerprint density at radius 3 is 2.29 bits per heavy atom. The lowest BCUT2D eigenvalue weighted by atomic mass is 9.89. The van der Waals surface area contributed by atoms with Gasteiger partial charge in [0.2, 0.25) is 5.91 Å². The Hall–Kier alpha value is -3.53. The molecule has 35 heavy (non-hydrogen) atoms. The van der Waals surface area contributed by atoms with Crippen LogP contribution < -0.4 is 15.4 Å². The summed E-state index contributed by atoms with van der Waals surface area (Å²) in [4.78, 5) is 16.0. The average Bonchev–Trinajstić information content (AvgIpc) is 2.83. The summed E-state index contributed by atoms with van der Waals surface area (Å²) >= 11 is 0. The molecule has 3 aromatic rings. The van der Waals surface area contributed by atoms with E-state index in [0.717, 1.165) is 17.8 Å². The van der Waals surface area contributed by atoms with E-state index in [-0.39, 0.29) is 11.7 Å². The van der Waals surface area contributed by atoms with Crippen LogP contribution in [0, 0.1) is 0 Å². The monoisotopic (exact) mass is 493 g/mol. The third-order valence-electron chi connectivity index (χ3n) is 5.39. The lowest BCUT2D eigenvalue weighted by Gasteiger charge is -2.22. The van der Waals surface area contributed by atoms with Crippen molar-refractivity contribution in [3.63, 3.8) is 0 Å². The van der Waals surface area contributed by atoms with Crippen LogP contribution in [0.15, 0.2) is 72.9 Å². The summed E-state index contributed by atoms with van der Waals surface area (Å²) in [6, 6.07) is 16.6. The van der Waals surface area contributed by atoms with Gasteiger partial charge in [-0.05, 0) is 47.9 Å². The van der Waals surface area contributed by atoms with Gasteiger partial charge in [-0.15, -0.1) is 0 Å². The molecule has 0 aliphatic rings. The van der Waals surface area contributed by atoms with E-state index in [2.05, 4.69) is 20.4 Å². The van der Waals surface area contributed by atoms with Gasteiger partial charge in [-0.1, -0.05) is 48.5 Å². The van der Waals surface area contributed by atoms with Gasteiger partial charge in [0, 0.05) is 19.2 Å². The predicted octanol–water partition coefficient (Wildman–Crippen LogP) is 5.30. The Morgan fingerprint density at radius 2 is 1.69 bits per heavy atom. The quantitative estimate of drug-likeness (QED) is 0.376. The number of amides is 1. The van der Waals surface area contributed by atoms with E-state index in [1.54, 1.807) is 30.3 Å². The first kappa shape index (κ1) is 26.1. The van der Waals surface area contributed by atoms with Gasteiger partial charge in [-0.2, -0.15) is 22.0 Å². The summed E-state index contributed by atoms with van der Waals surface area (Å²) in [5, 5.41) is 5.78. The highest BCUT2D eigenvalue weighted by Gasteiger charge is 2.32. The Bertz CT molecular complexity index is 1090. The molecule has 10 heteroatoms. The number of alkyl halides is 5. The van der Waals surface area contributed by atoms with Gasteiger partial charge in [-0.3, -0.25) is 9.78 Å². The van der Waals surface area contributed by atoms with E-state index in [1.165, 1.54) is 31.3 Å². The second-order valence-corrected chi connectivity index (χ2v) is 7.68. The molecule has 0 fully saturated rings. The van der Waals surface area contributed by atoms with Crippen LogP contribution in [0.5, 0.6) is 5.75 Å². The first-order valence-electron chi connectivity index (χ1n) is 10.8. The molecule has 0 spiro atoms. The Balaban J connectivity index is 1.86. The Labute approximate surface area is 199 Å². The minimum absolute atomic E-state index is 0.0668. The summed E-state index contributed by atoms with van der Waals surface area (Å²) < 4.78 is 68.8. The molecule has 0 saturated heterocycles. The maximum absolute atomic E-state index is 13.0. The number of aromatic nitrogens is 1.